The average molecular weight is 158 g/mol. The molecular weight excluding hydrogens is 136 g/mol. The highest BCUT2D eigenvalue weighted by atomic mass is 15.1. The lowest BCUT2D eigenvalue weighted by molar-refractivity contribution is 0.238. The molecule has 0 aliphatic rings. The van der Waals surface area contributed by atoms with Crippen LogP contribution in [0.1, 0.15) is 33.6 Å². The van der Waals surface area contributed by atoms with Crippen molar-refractivity contribution in [3.8, 4) is 0 Å². The maximum Gasteiger partial charge on any atom is 0.00785 e. The second-order valence-electron chi connectivity index (χ2n) is 3.54. The van der Waals surface area contributed by atoms with E-state index in [1.165, 1.54) is 13.0 Å². The van der Waals surface area contributed by atoms with Crippen molar-refractivity contribution in [1.82, 2.24) is 4.90 Å². The van der Waals surface area contributed by atoms with E-state index in [4.69, 9.17) is 5.73 Å². The number of hydrogen-bond acceptors (Lipinski definition) is 2. The summed E-state index contributed by atoms with van der Waals surface area (Å²) in [5, 5.41) is 0. The van der Waals surface area contributed by atoms with Crippen LogP contribution in [0.15, 0.2) is 0 Å². The highest BCUT2D eigenvalue weighted by Gasteiger charge is 2.09. The average Bonchev–Trinajstić information content (AvgIpc) is 1.86. The Labute approximate surface area is 70.8 Å². The van der Waals surface area contributed by atoms with Crippen molar-refractivity contribution in [2.45, 2.75) is 45.7 Å². The minimum Gasteiger partial charge on any atom is -0.328 e. The zero-order valence-electron chi connectivity index (χ0n) is 8.30. The summed E-state index contributed by atoms with van der Waals surface area (Å²) in [4.78, 5) is 2.36. The van der Waals surface area contributed by atoms with Gasteiger partial charge in [-0.05, 0) is 40.3 Å². The lowest BCUT2D eigenvalue weighted by atomic mass is 10.1. The fraction of sp³-hybridized carbons (Fsp3) is 1.00. The molecule has 2 atom stereocenters. The van der Waals surface area contributed by atoms with Crippen LogP contribution in [-0.2, 0) is 0 Å². The lowest BCUT2D eigenvalue weighted by Gasteiger charge is -2.25. The highest BCUT2D eigenvalue weighted by Crippen LogP contribution is 2.03. The predicted octanol–water partition coefficient (Wildman–Crippen LogP) is 1.45. The fourth-order valence-corrected chi connectivity index (χ4v) is 1.29. The third-order valence-corrected chi connectivity index (χ3v) is 2.04. The summed E-state index contributed by atoms with van der Waals surface area (Å²) < 4.78 is 0. The summed E-state index contributed by atoms with van der Waals surface area (Å²) >= 11 is 0. The molecule has 0 spiro atoms. The summed E-state index contributed by atoms with van der Waals surface area (Å²) in [7, 11) is 2.16. The molecule has 0 aromatic heterocycles. The van der Waals surface area contributed by atoms with Gasteiger partial charge in [0, 0.05) is 12.1 Å². The number of nitrogens with zero attached hydrogens (tertiary/aromatic N) is 1. The third kappa shape index (κ3) is 5.22. The summed E-state index contributed by atoms with van der Waals surface area (Å²) in [5.41, 5.74) is 5.70. The third-order valence-electron chi connectivity index (χ3n) is 2.04. The molecule has 0 saturated carbocycles. The molecule has 0 saturated heterocycles. The van der Waals surface area contributed by atoms with Gasteiger partial charge in [0.05, 0.1) is 0 Å². The minimum absolute atomic E-state index is 0.323. The SMILES string of the molecule is CCCN(C)C(C)CC(C)N. The van der Waals surface area contributed by atoms with Crippen LogP contribution in [0.4, 0.5) is 0 Å². The first-order valence-electron chi connectivity index (χ1n) is 4.53. The van der Waals surface area contributed by atoms with E-state index < -0.39 is 0 Å². The molecule has 0 amide bonds. The predicted molar refractivity (Wildman–Crippen MR) is 50.6 cm³/mol. The van der Waals surface area contributed by atoms with E-state index >= 15 is 0 Å². The van der Waals surface area contributed by atoms with E-state index in [-0.39, 0.29) is 0 Å². The second kappa shape index (κ2) is 5.56. The topological polar surface area (TPSA) is 29.3 Å². The van der Waals surface area contributed by atoms with Crippen LogP contribution in [0.5, 0.6) is 0 Å². The molecule has 2 unspecified atom stereocenters. The molecule has 0 bridgehead atoms. The van der Waals surface area contributed by atoms with Gasteiger partial charge in [0.25, 0.3) is 0 Å². The van der Waals surface area contributed by atoms with Crippen LogP contribution >= 0.6 is 0 Å². The standard InChI is InChI=1S/C9H22N2/c1-5-6-11(4)9(3)7-8(2)10/h8-9H,5-7,10H2,1-4H3. The number of nitrogens with two attached hydrogens (primary N) is 1. The molecular formula is C9H22N2. The second-order valence-corrected chi connectivity index (χ2v) is 3.54. The Hall–Kier alpha value is -0.0800. The Morgan fingerprint density at radius 1 is 1.36 bits per heavy atom. The van der Waals surface area contributed by atoms with Gasteiger partial charge < -0.3 is 10.6 Å². The molecule has 2 nitrogen and oxygen atoms in total. The maximum absolute atomic E-state index is 5.70. The van der Waals surface area contributed by atoms with E-state index in [1.807, 2.05) is 0 Å². The molecule has 2 N–H and O–H groups in total. The molecule has 0 aromatic carbocycles. The molecule has 0 rings (SSSR count). The molecule has 0 radical (unpaired) electrons. The molecule has 0 fully saturated rings. The zero-order chi connectivity index (χ0) is 8.85. The van der Waals surface area contributed by atoms with Gasteiger partial charge in [0.1, 0.15) is 0 Å². The van der Waals surface area contributed by atoms with Crippen molar-refractivity contribution >= 4 is 0 Å². The first-order valence-corrected chi connectivity index (χ1v) is 4.53. The lowest BCUT2D eigenvalue weighted by Crippen LogP contribution is -2.34. The number of rotatable bonds is 5. The van der Waals surface area contributed by atoms with E-state index in [9.17, 15) is 0 Å². The highest BCUT2D eigenvalue weighted by molar-refractivity contribution is 4.67. The van der Waals surface area contributed by atoms with E-state index in [0.29, 0.717) is 12.1 Å². The Kier molecular flexibility index (Phi) is 5.51. The zero-order valence-corrected chi connectivity index (χ0v) is 8.30. The van der Waals surface area contributed by atoms with E-state index in [0.717, 1.165) is 6.42 Å². The van der Waals surface area contributed by atoms with Crippen molar-refractivity contribution in [3.05, 3.63) is 0 Å². The van der Waals surface area contributed by atoms with E-state index in [1.54, 1.807) is 0 Å². The molecule has 0 aliphatic heterocycles. The van der Waals surface area contributed by atoms with Crippen molar-refractivity contribution in [2.75, 3.05) is 13.6 Å². The van der Waals surface area contributed by atoms with Crippen molar-refractivity contribution in [1.29, 1.82) is 0 Å². The molecule has 0 aliphatic carbocycles. The van der Waals surface area contributed by atoms with Gasteiger partial charge in [-0.25, -0.2) is 0 Å². The Bertz CT molecular complexity index is 91.6. The van der Waals surface area contributed by atoms with Crippen LogP contribution in [0.2, 0.25) is 0 Å². The van der Waals surface area contributed by atoms with Gasteiger partial charge in [-0.1, -0.05) is 6.92 Å². The molecule has 11 heavy (non-hydrogen) atoms. The van der Waals surface area contributed by atoms with Gasteiger partial charge in [-0.3, -0.25) is 0 Å². The van der Waals surface area contributed by atoms with Crippen LogP contribution < -0.4 is 5.73 Å². The van der Waals surface area contributed by atoms with Gasteiger partial charge in [-0.15, -0.1) is 0 Å². The largest absolute Gasteiger partial charge is 0.328 e. The quantitative estimate of drug-likeness (QED) is 0.656. The minimum atomic E-state index is 0.323. The smallest absolute Gasteiger partial charge is 0.00785 e. The summed E-state index contributed by atoms with van der Waals surface area (Å²) in [6.07, 6.45) is 2.32. The normalized spacial score (nSPS) is 16.9. The summed E-state index contributed by atoms with van der Waals surface area (Å²) in [5.74, 6) is 0. The van der Waals surface area contributed by atoms with Crippen molar-refractivity contribution < 1.29 is 0 Å². The molecule has 68 valence electrons. The number of hydrogen-bond donors (Lipinski definition) is 1. The maximum atomic E-state index is 5.70. The van der Waals surface area contributed by atoms with Gasteiger partial charge in [-0.2, -0.15) is 0 Å². The molecule has 0 aromatic rings. The van der Waals surface area contributed by atoms with Crippen LogP contribution in [0.25, 0.3) is 0 Å². The van der Waals surface area contributed by atoms with Gasteiger partial charge in [0.2, 0.25) is 0 Å². The van der Waals surface area contributed by atoms with Crippen LogP contribution in [0.3, 0.4) is 0 Å². The molecule has 2 heteroatoms. The van der Waals surface area contributed by atoms with Gasteiger partial charge >= 0.3 is 0 Å². The van der Waals surface area contributed by atoms with Crippen molar-refractivity contribution in [3.63, 3.8) is 0 Å². The van der Waals surface area contributed by atoms with Crippen molar-refractivity contribution in [2.24, 2.45) is 5.73 Å². The first-order chi connectivity index (χ1) is 5.07. The first kappa shape index (κ1) is 10.9. The van der Waals surface area contributed by atoms with Crippen LogP contribution in [-0.4, -0.2) is 30.6 Å². The molecule has 0 heterocycles. The summed E-state index contributed by atoms with van der Waals surface area (Å²) in [6.45, 7) is 7.68. The van der Waals surface area contributed by atoms with Gasteiger partial charge in [0.15, 0.2) is 0 Å². The van der Waals surface area contributed by atoms with Crippen LogP contribution in [0, 0.1) is 0 Å². The Balaban J connectivity index is 3.54. The Morgan fingerprint density at radius 2 is 1.91 bits per heavy atom. The summed E-state index contributed by atoms with van der Waals surface area (Å²) in [6, 6.07) is 0.944. The van der Waals surface area contributed by atoms with E-state index in [2.05, 4.69) is 32.7 Å². The fourth-order valence-electron chi connectivity index (χ4n) is 1.29. The monoisotopic (exact) mass is 158 g/mol. The Morgan fingerprint density at radius 3 is 2.27 bits per heavy atom.